The van der Waals surface area contributed by atoms with Gasteiger partial charge in [-0.25, -0.2) is 8.42 Å². The molecular formula is C30H35Cl2N3O5S. The minimum Gasteiger partial charge on any atom is -0.489 e. The molecule has 0 saturated heterocycles. The molecule has 2 unspecified atom stereocenters. The van der Waals surface area contributed by atoms with Gasteiger partial charge in [0.15, 0.2) is 0 Å². The molecule has 1 N–H and O–H groups in total. The fourth-order valence-electron chi connectivity index (χ4n) is 3.95. The number of benzene rings is 3. The second-order valence-corrected chi connectivity index (χ2v) is 12.5. The molecule has 0 aliphatic heterocycles. The Kier molecular flexibility index (Phi) is 11.5. The number of sulfonamides is 1. The van der Waals surface area contributed by atoms with Crippen LogP contribution < -0.4 is 14.4 Å². The summed E-state index contributed by atoms with van der Waals surface area (Å²) in [6.07, 6.45) is 1.74. The maximum atomic E-state index is 13.7. The van der Waals surface area contributed by atoms with Crippen molar-refractivity contribution >= 4 is 50.7 Å². The lowest BCUT2D eigenvalue weighted by atomic mass is 10.1. The van der Waals surface area contributed by atoms with Crippen molar-refractivity contribution < 1.29 is 22.7 Å². The third-order valence-corrected chi connectivity index (χ3v) is 8.44. The molecule has 0 aromatic heterocycles. The molecule has 3 aromatic carbocycles. The Hall–Kier alpha value is -3.27. The van der Waals surface area contributed by atoms with Crippen molar-refractivity contribution in [3.8, 4) is 5.75 Å². The van der Waals surface area contributed by atoms with Crippen LogP contribution in [0, 0.1) is 0 Å². The number of hydrogen-bond acceptors (Lipinski definition) is 5. The van der Waals surface area contributed by atoms with E-state index in [2.05, 4.69) is 5.32 Å². The summed E-state index contributed by atoms with van der Waals surface area (Å²) in [5.41, 5.74) is 1.93. The van der Waals surface area contributed by atoms with Crippen LogP contribution in [-0.2, 0) is 32.8 Å². The summed E-state index contributed by atoms with van der Waals surface area (Å²) in [7, 11) is -3.86. The van der Waals surface area contributed by atoms with Gasteiger partial charge in [-0.1, -0.05) is 66.5 Å². The summed E-state index contributed by atoms with van der Waals surface area (Å²) in [4.78, 5) is 28.1. The van der Waals surface area contributed by atoms with E-state index in [1.54, 1.807) is 49.4 Å². The summed E-state index contributed by atoms with van der Waals surface area (Å²) in [6.45, 7) is 5.29. The Morgan fingerprint density at radius 1 is 0.927 bits per heavy atom. The van der Waals surface area contributed by atoms with Crippen LogP contribution in [0.15, 0.2) is 72.8 Å². The topological polar surface area (TPSA) is 96.0 Å². The lowest BCUT2D eigenvalue weighted by Crippen LogP contribution is -2.52. The zero-order valence-corrected chi connectivity index (χ0v) is 25.8. The SMILES string of the molecule is CCC(C)NC(=O)C(C)N(Cc1ccc(Cl)c(Cl)c1)C(=O)CN(c1ccc(OCc2ccccc2)cc1)S(C)(=O)=O. The van der Waals surface area contributed by atoms with E-state index in [1.165, 1.54) is 4.90 Å². The molecule has 3 aromatic rings. The minimum atomic E-state index is -3.86. The molecule has 0 fully saturated rings. The normalized spacial score (nSPS) is 12.7. The van der Waals surface area contributed by atoms with E-state index in [-0.39, 0.29) is 18.5 Å². The standard InChI is InChI=1S/C30H35Cl2N3O5S/c1-5-21(2)33-30(37)22(3)34(18-24-11-16-27(31)28(32)17-24)29(36)19-35(41(4,38)39)25-12-14-26(15-13-25)40-20-23-9-7-6-8-10-23/h6-17,21-22H,5,18-20H2,1-4H3,(H,33,37). The molecule has 0 radical (unpaired) electrons. The number of ether oxygens (including phenoxy) is 1. The summed E-state index contributed by atoms with van der Waals surface area (Å²) < 4.78 is 32.5. The number of rotatable bonds is 13. The summed E-state index contributed by atoms with van der Waals surface area (Å²) in [6, 6.07) is 20.1. The number of nitrogens with zero attached hydrogens (tertiary/aromatic N) is 2. The van der Waals surface area contributed by atoms with Crippen molar-refractivity contribution in [2.45, 2.75) is 52.4 Å². The molecular weight excluding hydrogens is 585 g/mol. The molecule has 0 spiro atoms. The number of hydrogen-bond donors (Lipinski definition) is 1. The quantitative estimate of drug-likeness (QED) is 0.266. The lowest BCUT2D eigenvalue weighted by Gasteiger charge is -2.32. The van der Waals surface area contributed by atoms with Crippen LogP contribution in [0.1, 0.15) is 38.3 Å². The monoisotopic (exact) mass is 619 g/mol. The molecule has 3 rings (SSSR count). The van der Waals surface area contributed by atoms with Gasteiger partial charge in [0.1, 0.15) is 24.9 Å². The van der Waals surface area contributed by atoms with Gasteiger partial charge < -0.3 is 15.0 Å². The number of halogens is 2. The van der Waals surface area contributed by atoms with E-state index in [1.807, 2.05) is 44.2 Å². The zero-order valence-electron chi connectivity index (χ0n) is 23.5. The van der Waals surface area contributed by atoms with Gasteiger partial charge in [-0.3, -0.25) is 13.9 Å². The Morgan fingerprint density at radius 3 is 2.17 bits per heavy atom. The summed E-state index contributed by atoms with van der Waals surface area (Å²) in [5, 5.41) is 3.55. The fourth-order valence-corrected chi connectivity index (χ4v) is 5.12. The summed E-state index contributed by atoms with van der Waals surface area (Å²) in [5.74, 6) is -0.356. The van der Waals surface area contributed by atoms with Gasteiger partial charge in [0, 0.05) is 12.6 Å². The second kappa shape index (κ2) is 14.6. The number of anilines is 1. The maximum Gasteiger partial charge on any atom is 0.244 e. The van der Waals surface area contributed by atoms with Crippen LogP contribution in [0.3, 0.4) is 0 Å². The van der Waals surface area contributed by atoms with E-state index >= 15 is 0 Å². The predicted octanol–water partition coefficient (Wildman–Crippen LogP) is 5.67. The maximum absolute atomic E-state index is 13.7. The van der Waals surface area contributed by atoms with Crippen LogP contribution >= 0.6 is 23.2 Å². The van der Waals surface area contributed by atoms with Crippen molar-refractivity contribution in [3.63, 3.8) is 0 Å². The molecule has 220 valence electrons. The van der Waals surface area contributed by atoms with Gasteiger partial charge in [-0.15, -0.1) is 0 Å². The molecule has 2 atom stereocenters. The molecule has 41 heavy (non-hydrogen) atoms. The largest absolute Gasteiger partial charge is 0.489 e. The van der Waals surface area contributed by atoms with Gasteiger partial charge in [0.2, 0.25) is 21.8 Å². The van der Waals surface area contributed by atoms with Gasteiger partial charge >= 0.3 is 0 Å². The van der Waals surface area contributed by atoms with E-state index < -0.39 is 28.5 Å². The summed E-state index contributed by atoms with van der Waals surface area (Å²) >= 11 is 12.2. The molecule has 0 aliphatic carbocycles. The highest BCUT2D eigenvalue weighted by molar-refractivity contribution is 7.92. The molecule has 0 saturated carbocycles. The Bertz CT molecular complexity index is 1440. The first kappa shape index (κ1) is 32.2. The average molecular weight is 621 g/mol. The van der Waals surface area contributed by atoms with Crippen LogP contribution in [0.25, 0.3) is 0 Å². The molecule has 11 heteroatoms. The third-order valence-electron chi connectivity index (χ3n) is 6.56. The first-order chi connectivity index (χ1) is 19.4. The highest BCUT2D eigenvalue weighted by Crippen LogP contribution is 2.25. The third kappa shape index (κ3) is 9.38. The lowest BCUT2D eigenvalue weighted by molar-refractivity contribution is -0.139. The average Bonchev–Trinajstić information content (AvgIpc) is 2.95. The van der Waals surface area contributed by atoms with Gasteiger partial charge in [-0.2, -0.15) is 0 Å². The van der Waals surface area contributed by atoms with E-state index in [0.29, 0.717) is 40.1 Å². The van der Waals surface area contributed by atoms with Crippen LogP contribution in [0.4, 0.5) is 5.69 Å². The van der Waals surface area contributed by atoms with Crippen LogP contribution in [-0.4, -0.2) is 50.0 Å². The van der Waals surface area contributed by atoms with Crippen LogP contribution in [0.5, 0.6) is 5.75 Å². The first-order valence-electron chi connectivity index (χ1n) is 13.2. The molecule has 0 bridgehead atoms. The predicted molar refractivity (Wildman–Crippen MR) is 164 cm³/mol. The van der Waals surface area contributed by atoms with E-state index in [9.17, 15) is 18.0 Å². The van der Waals surface area contributed by atoms with Crippen LogP contribution in [0.2, 0.25) is 10.0 Å². The van der Waals surface area contributed by atoms with Gasteiger partial charge in [-0.05, 0) is 67.8 Å². The van der Waals surface area contributed by atoms with Crippen molar-refractivity contribution in [1.82, 2.24) is 10.2 Å². The molecule has 0 aliphatic rings. The number of carbonyl (C=O) groups excluding carboxylic acids is 2. The Morgan fingerprint density at radius 2 is 1.59 bits per heavy atom. The molecule has 2 amide bonds. The van der Waals surface area contributed by atoms with Gasteiger partial charge in [0.05, 0.1) is 22.0 Å². The minimum absolute atomic E-state index is 0.0225. The smallest absolute Gasteiger partial charge is 0.244 e. The number of amides is 2. The number of carbonyl (C=O) groups is 2. The Balaban J connectivity index is 1.84. The van der Waals surface area contributed by atoms with E-state index in [0.717, 1.165) is 16.1 Å². The zero-order chi connectivity index (χ0) is 30.2. The fraction of sp³-hybridized carbons (Fsp3) is 0.333. The number of nitrogens with one attached hydrogen (secondary N) is 1. The highest BCUT2D eigenvalue weighted by atomic mass is 35.5. The van der Waals surface area contributed by atoms with E-state index in [4.69, 9.17) is 27.9 Å². The van der Waals surface area contributed by atoms with Crippen molar-refractivity contribution in [3.05, 3.63) is 94.0 Å². The molecule has 0 heterocycles. The Labute approximate surface area is 252 Å². The van der Waals surface area contributed by atoms with Gasteiger partial charge in [0.25, 0.3) is 0 Å². The molecule has 8 nitrogen and oxygen atoms in total. The van der Waals surface area contributed by atoms with Crippen molar-refractivity contribution in [2.24, 2.45) is 0 Å². The highest BCUT2D eigenvalue weighted by Gasteiger charge is 2.30. The second-order valence-electron chi connectivity index (χ2n) is 9.80. The van der Waals surface area contributed by atoms with Crippen molar-refractivity contribution in [2.75, 3.05) is 17.1 Å². The first-order valence-corrected chi connectivity index (χ1v) is 15.8. The van der Waals surface area contributed by atoms with Crippen molar-refractivity contribution in [1.29, 1.82) is 0 Å².